The first-order chi connectivity index (χ1) is 14.5. The molecule has 8 nitrogen and oxygen atoms in total. The molecule has 1 amide bonds. The Morgan fingerprint density at radius 1 is 1.13 bits per heavy atom. The molecule has 1 fully saturated rings. The zero-order valence-corrected chi connectivity index (χ0v) is 16.8. The van der Waals surface area contributed by atoms with Gasteiger partial charge in [-0.15, -0.1) is 0 Å². The van der Waals surface area contributed by atoms with E-state index in [0.717, 1.165) is 11.1 Å². The summed E-state index contributed by atoms with van der Waals surface area (Å²) >= 11 is 0. The number of benzene rings is 2. The Bertz CT molecular complexity index is 945. The van der Waals surface area contributed by atoms with Crippen LogP contribution in [0.25, 0.3) is 0 Å². The minimum atomic E-state index is -0.905. The van der Waals surface area contributed by atoms with Crippen molar-refractivity contribution in [1.29, 1.82) is 0 Å². The number of methoxy groups -OCH3 is 1. The van der Waals surface area contributed by atoms with Crippen LogP contribution in [0.1, 0.15) is 23.1 Å². The maximum Gasteiger partial charge on any atom is 0.309 e. The third-order valence-electron chi connectivity index (χ3n) is 5.79. The highest BCUT2D eigenvalue weighted by Crippen LogP contribution is 2.47. The second-order valence-electron chi connectivity index (χ2n) is 7.40. The van der Waals surface area contributed by atoms with Crippen molar-refractivity contribution in [3.05, 3.63) is 53.6 Å². The lowest BCUT2D eigenvalue weighted by molar-refractivity contribution is -0.143. The molecule has 8 heteroatoms. The van der Waals surface area contributed by atoms with Gasteiger partial charge in [0, 0.05) is 25.6 Å². The van der Waals surface area contributed by atoms with Crippen molar-refractivity contribution in [2.45, 2.75) is 12.0 Å². The predicted octanol–water partition coefficient (Wildman–Crippen LogP) is 2.01. The van der Waals surface area contributed by atoms with E-state index in [4.69, 9.17) is 14.2 Å². The Kier molecular flexibility index (Phi) is 5.50. The van der Waals surface area contributed by atoms with Gasteiger partial charge in [-0.3, -0.25) is 14.5 Å². The second-order valence-corrected chi connectivity index (χ2v) is 7.40. The van der Waals surface area contributed by atoms with Crippen molar-refractivity contribution >= 4 is 11.9 Å². The Balaban J connectivity index is 1.73. The van der Waals surface area contributed by atoms with Gasteiger partial charge in [0.15, 0.2) is 11.5 Å². The smallest absolute Gasteiger partial charge is 0.309 e. The third-order valence-corrected chi connectivity index (χ3v) is 5.79. The number of nitrogens with zero attached hydrogens (tertiary/aromatic N) is 1. The molecular weight excluding hydrogens is 388 g/mol. The van der Waals surface area contributed by atoms with E-state index in [9.17, 15) is 14.7 Å². The molecule has 0 aliphatic carbocycles. The molecule has 0 spiro atoms. The van der Waals surface area contributed by atoms with Crippen LogP contribution in [0.15, 0.2) is 42.5 Å². The zero-order valence-electron chi connectivity index (χ0n) is 16.8. The lowest BCUT2D eigenvalue weighted by Gasteiger charge is -2.26. The van der Waals surface area contributed by atoms with Gasteiger partial charge in [-0.2, -0.15) is 0 Å². The molecule has 4 rings (SSSR count). The Hall–Kier alpha value is -3.26. The lowest BCUT2D eigenvalue weighted by Crippen LogP contribution is -2.36. The summed E-state index contributed by atoms with van der Waals surface area (Å²) in [5.74, 6) is -0.159. The average Bonchev–Trinajstić information content (AvgIpc) is 3.37. The number of rotatable bonds is 6. The fourth-order valence-corrected chi connectivity index (χ4v) is 4.34. The summed E-state index contributed by atoms with van der Waals surface area (Å²) in [5, 5.41) is 12.8. The number of hydrogen-bond acceptors (Lipinski definition) is 6. The molecule has 0 bridgehead atoms. The molecule has 2 N–H and O–H groups in total. The van der Waals surface area contributed by atoms with E-state index in [2.05, 4.69) is 5.32 Å². The summed E-state index contributed by atoms with van der Waals surface area (Å²) < 4.78 is 16.1. The van der Waals surface area contributed by atoms with Crippen molar-refractivity contribution in [2.75, 3.05) is 34.0 Å². The molecule has 2 aliphatic rings. The van der Waals surface area contributed by atoms with Crippen LogP contribution in [0.3, 0.4) is 0 Å². The van der Waals surface area contributed by atoms with E-state index >= 15 is 0 Å². The van der Waals surface area contributed by atoms with E-state index in [1.54, 1.807) is 32.4 Å². The summed E-state index contributed by atoms with van der Waals surface area (Å²) in [5.41, 5.74) is 1.68. The van der Waals surface area contributed by atoms with Crippen molar-refractivity contribution in [1.82, 2.24) is 10.2 Å². The average molecular weight is 412 g/mol. The third kappa shape index (κ3) is 3.66. The predicted molar refractivity (Wildman–Crippen MR) is 108 cm³/mol. The SMILES string of the molecule is CNC(=O)CN1C[C@H](c2ccc3c(c2)OCO3)C(C(=O)O)[C@@H]1c1ccc(OC)cc1. The number of carboxylic acids is 1. The molecule has 0 aromatic heterocycles. The van der Waals surface area contributed by atoms with Gasteiger partial charge >= 0.3 is 5.97 Å². The Morgan fingerprint density at radius 3 is 2.50 bits per heavy atom. The quantitative estimate of drug-likeness (QED) is 0.749. The highest BCUT2D eigenvalue weighted by Gasteiger charge is 2.48. The van der Waals surface area contributed by atoms with Crippen LogP contribution < -0.4 is 19.5 Å². The summed E-state index contributed by atoms with van der Waals surface area (Å²) in [6, 6.07) is 12.4. The van der Waals surface area contributed by atoms with Gasteiger partial charge < -0.3 is 24.6 Å². The van der Waals surface area contributed by atoms with Crippen LogP contribution in [-0.2, 0) is 9.59 Å². The number of fused-ring (bicyclic) bond motifs is 1. The molecule has 2 aromatic carbocycles. The van der Waals surface area contributed by atoms with Gasteiger partial charge in [0.2, 0.25) is 12.7 Å². The van der Waals surface area contributed by atoms with Gasteiger partial charge in [0.25, 0.3) is 0 Å². The normalized spacial score (nSPS) is 22.7. The van der Waals surface area contributed by atoms with E-state index in [1.165, 1.54) is 0 Å². The number of likely N-dealkylation sites (tertiary alicyclic amines) is 1. The molecule has 3 atom stereocenters. The summed E-state index contributed by atoms with van der Waals surface area (Å²) in [4.78, 5) is 26.5. The van der Waals surface area contributed by atoms with E-state index in [0.29, 0.717) is 23.8 Å². The minimum absolute atomic E-state index is 0.109. The molecular formula is C22H24N2O6. The number of likely N-dealkylation sites (N-methyl/N-ethyl adjacent to an activating group) is 1. The fraction of sp³-hybridized carbons (Fsp3) is 0.364. The van der Waals surface area contributed by atoms with Gasteiger partial charge in [0.05, 0.1) is 19.6 Å². The number of amides is 1. The van der Waals surface area contributed by atoms with Crippen molar-refractivity contribution in [3.63, 3.8) is 0 Å². The zero-order chi connectivity index (χ0) is 21.3. The maximum atomic E-state index is 12.4. The molecule has 158 valence electrons. The number of nitrogens with one attached hydrogen (secondary N) is 1. The van der Waals surface area contributed by atoms with E-state index in [1.807, 2.05) is 29.2 Å². The first-order valence-electron chi connectivity index (χ1n) is 9.72. The number of carboxylic acid groups (broad SMARTS) is 1. The number of hydrogen-bond donors (Lipinski definition) is 2. The molecule has 30 heavy (non-hydrogen) atoms. The van der Waals surface area contributed by atoms with Crippen molar-refractivity contribution < 1.29 is 28.9 Å². The molecule has 2 aliphatic heterocycles. The Labute approximate surface area is 174 Å². The summed E-state index contributed by atoms with van der Waals surface area (Å²) in [6.45, 7) is 0.696. The monoisotopic (exact) mass is 412 g/mol. The topological polar surface area (TPSA) is 97.3 Å². The van der Waals surface area contributed by atoms with Crippen LogP contribution in [0.5, 0.6) is 17.2 Å². The number of carbonyl (C=O) groups excluding carboxylic acids is 1. The van der Waals surface area contributed by atoms with Crippen LogP contribution >= 0.6 is 0 Å². The van der Waals surface area contributed by atoms with Crippen LogP contribution in [-0.4, -0.2) is 55.9 Å². The van der Waals surface area contributed by atoms with Gasteiger partial charge in [-0.25, -0.2) is 0 Å². The maximum absolute atomic E-state index is 12.4. The molecule has 1 saturated heterocycles. The van der Waals surface area contributed by atoms with Crippen LogP contribution in [0, 0.1) is 5.92 Å². The van der Waals surface area contributed by atoms with Gasteiger partial charge in [-0.05, 0) is 35.4 Å². The lowest BCUT2D eigenvalue weighted by atomic mass is 9.82. The van der Waals surface area contributed by atoms with Crippen LogP contribution in [0.4, 0.5) is 0 Å². The van der Waals surface area contributed by atoms with Gasteiger partial charge in [0.1, 0.15) is 5.75 Å². The fourth-order valence-electron chi connectivity index (χ4n) is 4.34. The van der Waals surface area contributed by atoms with E-state index in [-0.39, 0.29) is 25.2 Å². The van der Waals surface area contributed by atoms with Crippen molar-refractivity contribution in [3.8, 4) is 17.2 Å². The molecule has 0 saturated carbocycles. The standard InChI is InChI=1S/C22H24N2O6/c1-23-19(25)11-24-10-16(14-5-8-17-18(9-14)30-12-29-17)20(22(26)27)21(24)13-3-6-15(28-2)7-4-13/h3-9,16,20-21H,10-12H2,1-2H3,(H,23,25)(H,26,27)/t16-,20?,21+/m1/s1. The van der Waals surface area contributed by atoms with Crippen LogP contribution in [0.2, 0.25) is 0 Å². The van der Waals surface area contributed by atoms with E-state index < -0.39 is 17.9 Å². The molecule has 2 heterocycles. The first kappa shape index (κ1) is 20.0. The van der Waals surface area contributed by atoms with Crippen molar-refractivity contribution in [2.24, 2.45) is 5.92 Å². The highest BCUT2D eigenvalue weighted by molar-refractivity contribution is 5.79. The minimum Gasteiger partial charge on any atom is -0.497 e. The molecule has 1 unspecified atom stereocenters. The second kappa shape index (κ2) is 8.23. The molecule has 2 aromatic rings. The van der Waals surface area contributed by atoms with Gasteiger partial charge in [-0.1, -0.05) is 18.2 Å². The molecule has 0 radical (unpaired) electrons. The number of carbonyl (C=O) groups is 2. The highest BCUT2D eigenvalue weighted by atomic mass is 16.7. The number of aliphatic carboxylic acids is 1. The summed E-state index contributed by atoms with van der Waals surface area (Å²) in [7, 11) is 3.16. The number of ether oxygens (including phenoxy) is 3. The first-order valence-corrected chi connectivity index (χ1v) is 9.72. The summed E-state index contributed by atoms with van der Waals surface area (Å²) in [6.07, 6.45) is 0. The largest absolute Gasteiger partial charge is 0.497 e. The Morgan fingerprint density at radius 2 is 1.83 bits per heavy atom.